The van der Waals surface area contributed by atoms with Crippen LogP contribution in [0.4, 0.5) is 9.93 Å². The molecule has 2 rings (SSSR count). The van der Waals surface area contributed by atoms with Crippen LogP contribution < -0.4 is 10.6 Å². The number of aromatic nitrogens is 1. The molecule has 1 saturated heterocycles. The van der Waals surface area contributed by atoms with Crippen LogP contribution in [-0.2, 0) is 0 Å². The first kappa shape index (κ1) is 14.2. The van der Waals surface area contributed by atoms with Crippen molar-refractivity contribution < 1.29 is 9.90 Å². The van der Waals surface area contributed by atoms with E-state index in [2.05, 4.69) is 20.5 Å². The number of nitrogens with zero attached hydrogens (tertiary/aromatic N) is 2. The molecular formula is C12H20N4O2S. The quantitative estimate of drug-likeness (QED) is 0.757. The Balaban J connectivity index is 1.62. The van der Waals surface area contributed by atoms with Gasteiger partial charge < -0.3 is 15.3 Å². The van der Waals surface area contributed by atoms with Gasteiger partial charge in [0.1, 0.15) is 0 Å². The van der Waals surface area contributed by atoms with Crippen LogP contribution in [0.3, 0.4) is 0 Å². The number of aliphatic hydroxyl groups is 1. The zero-order chi connectivity index (χ0) is 13.5. The van der Waals surface area contributed by atoms with Crippen molar-refractivity contribution in [3.05, 3.63) is 11.6 Å². The zero-order valence-electron chi connectivity index (χ0n) is 10.8. The summed E-state index contributed by atoms with van der Waals surface area (Å²) in [4.78, 5) is 17.7. The molecule has 6 nitrogen and oxygen atoms in total. The first-order valence-corrected chi connectivity index (χ1v) is 7.47. The van der Waals surface area contributed by atoms with Crippen molar-refractivity contribution in [1.82, 2.24) is 15.2 Å². The highest BCUT2D eigenvalue weighted by molar-refractivity contribution is 7.13. The molecule has 0 aromatic carbocycles. The Morgan fingerprint density at radius 1 is 1.47 bits per heavy atom. The van der Waals surface area contributed by atoms with Gasteiger partial charge in [-0.3, -0.25) is 5.32 Å². The maximum absolute atomic E-state index is 11.5. The van der Waals surface area contributed by atoms with Crippen molar-refractivity contribution in [2.45, 2.75) is 25.4 Å². The number of amides is 2. The van der Waals surface area contributed by atoms with Gasteiger partial charge in [0.15, 0.2) is 5.13 Å². The molecule has 0 spiro atoms. The number of carbonyl (C=O) groups excluding carboxylic acids is 1. The Labute approximate surface area is 116 Å². The van der Waals surface area contributed by atoms with Crippen LogP contribution in [0.1, 0.15) is 19.3 Å². The van der Waals surface area contributed by atoms with Crippen molar-refractivity contribution >= 4 is 22.5 Å². The summed E-state index contributed by atoms with van der Waals surface area (Å²) in [6, 6.07) is -0.326. The van der Waals surface area contributed by atoms with Gasteiger partial charge in [0, 0.05) is 24.7 Å². The fraction of sp³-hybridized carbons (Fsp3) is 0.667. The highest BCUT2D eigenvalue weighted by Gasteiger charge is 2.15. The third kappa shape index (κ3) is 5.14. The largest absolute Gasteiger partial charge is 0.390 e. The van der Waals surface area contributed by atoms with Gasteiger partial charge in [0.05, 0.1) is 6.10 Å². The predicted molar refractivity (Wildman–Crippen MR) is 75.4 cm³/mol. The molecule has 7 heteroatoms. The second-order valence-electron chi connectivity index (χ2n) is 4.69. The van der Waals surface area contributed by atoms with Gasteiger partial charge in [-0.05, 0) is 25.9 Å². The number of carbonyl (C=O) groups is 1. The summed E-state index contributed by atoms with van der Waals surface area (Å²) in [5, 5.41) is 17.5. The second-order valence-corrected chi connectivity index (χ2v) is 5.58. The van der Waals surface area contributed by atoms with Gasteiger partial charge in [-0.15, -0.1) is 11.3 Å². The summed E-state index contributed by atoms with van der Waals surface area (Å²) in [6.45, 7) is 2.97. The van der Waals surface area contributed by atoms with Crippen molar-refractivity contribution in [2.75, 3.05) is 31.5 Å². The smallest absolute Gasteiger partial charge is 0.321 e. The van der Waals surface area contributed by atoms with Crippen LogP contribution in [0.5, 0.6) is 0 Å². The van der Waals surface area contributed by atoms with Crippen LogP contribution in [-0.4, -0.2) is 53.3 Å². The van der Waals surface area contributed by atoms with E-state index in [1.165, 1.54) is 30.6 Å². The van der Waals surface area contributed by atoms with E-state index < -0.39 is 6.10 Å². The van der Waals surface area contributed by atoms with Gasteiger partial charge in [-0.2, -0.15) is 0 Å². The second kappa shape index (κ2) is 7.42. The molecule has 2 heterocycles. The third-order valence-electron chi connectivity index (χ3n) is 3.07. The molecule has 1 aromatic rings. The Bertz CT molecular complexity index is 379. The van der Waals surface area contributed by atoms with Crippen LogP contribution in [0, 0.1) is 0 Å². The maximum Gasteiger partial charge on any atom is 0.321 e. The van der Waals surface area contributed by atoms with Crippen molar-refractivity contribution in [2.24, 2.45) is 0 Å². The lowest BCUT2D eigenvalue weighted by Gasteiger charge is -2.28. The number of anilines is 1. The van der Waals surface area contributed by atoms with Crippen molar-refractivity contribution in [3.63, 3.8) is 0 Å². The highest BCUT2D eigenvalue weighted by atomic mass is 32.1. The number of thiazole rings is 1. The molecule has 1 aromatic heterocycles. The minimum atomic E-state index is -0.528. The topological polar surface area (TPSA) is 77.5 Å². The molecule has 2 amide bonds. The van der Waals surface area contributed by atoms with E-state index in [0.717, 1.165) is 13.1 Å². The molecule has 0 saturated carbocycles. The van der Waals surface area contributed by atoms with E-state index in [1.807, 2.05) is 0 Å². The molecule has 1 fully saturated rings. The number of piperidine rings is 1. The molecule has 106 valence electrons. The Morgan fingerprint density at radius 3 is 2.95 bits per heavy atom. The van der Waals surface area contributed by atoms with E-state index in [9.17, 15) is 9.90 Å². The lowest BCUT2D eigenvalue weighted by Crippen LogP contribution is -2.42. The van der Waals surface area contributed by atoms with Gasteiger partial charge in [-0.1, -0.05) is 6.42 Å². The molecule has 1 atom stereocenters. The maximum atomic E-state index is 11.5. The van der Waals surface area contributed by atoms with Crippen molar-refractivity contribution in [1.29, 1.82) is 0 Å². The number of likely N-dealkylation sites (tertiary alicyclic amines) is 1. The van der Waals surface area contributed by atoms with Gasteiger partial charge >= 0.3 is 6.03 Å². The molecule has 0 bridgehead atoms. The van der Waals surface area contributed by atoms with Crippen LogP contribution >= 0.6 is 11.3 Å². The Hall–Kier alpha value is -1.18. The first-order valence-electron chi connectivity index (χ1n) is 6.59. The zero-order valence-corrected chi connectivity index (χ0v) is 11.7. The molecular weight excluding hydrogens is 264 g/mol. The van der Waals surface area contributed by atoms with Gasteiger partial charge in [-0.25, -0.2) is 9.78 Å². The van der Waals surface area contributed by atoms with E-state index >= 15 is 0 Å². The summed E-state index contributed by atoms with van der Waals surface area (Å²) in [7, 11) is 0. The summed E-state index contributed by atoms with van der Waals surface area (Å²) >= 11 is 1.36. The first-order chi connectivity index (χ1) is 9.24. The summed E-state index contributed by atoms with van der Waals surface area (Å²) < 4.78 is 0. The molecule has 1 aliphatic rings. The van der Waals surface area contributed by atoms with Crippen molar-refractivity contribution in [3.8, 4) is 0 Å². The predicted octanol–water partition coefficient (Wildman–Crippen LogP) is 1.11. The average Bonchev–Trinajstić information content (AvgIpc) is 2.90. The molecule has 1 aliphatic heterocycles. The number of hydrogen-bond donors (Lipinski definition) is 3. The minimum absolute atomic E-state index is 0.258. The number of nitrogens with one attached hydrogen (secondary N) is 2. The standard InChI is InChI=1S/C12H20N4O2S/c17-10(9-16-5-2-1-3-6-16)8-14-11(18)15-12-13-4-7-19-12/h4,7,10,17H,1-3,5-6,8-9H2,(H2,13,14,15,18). The van der Waals surface area contributed by atoms with Crippen LogP contribution in [0.2, 0.25) is 0 Å². The van der Waals surface area contributed by atoms with E-state index in [0.29, 0.717) is 11.7 Å². The summed E-state index contributed by atoms with van der Waals surface area (Å²) in [5.74, 6) is 0. The number of aliphatic hydroxyl groups excluding tert-OH is 1. The minimum Gasteiger partial charge on any atom is -0.390 e. The lowest BCUT2D eigenvalue weighted by molar-refractivity contribution is 0.102. The fourth-order valence-electron chi connectivity index (χ4n) is 2.14. The fourth-order valence-corrected chi connectivity index (χ4v) is 2.67. The lowest BCUT2D eigenvalue weighted by atomic mass is 10.1. The molecule has 3 N–H and O–H groups in total. The summed E-state index contributed by atoms with van der Waals surface area (Å²) in [6.07, 6.45) is 4.78. The normalized spacial score (nSPS) is 17.9. The third-order valence-corrected chi connectivity index (χ3v) is 3.76. The number of β-amino-alcohol motifs (C(OH)–C–C–N with tert-alkyl or cyclic N) is 1. The van der Waals surface area contributed by atoms with E-state index in [-0.39, 0.29) is 12.6 Å². The van der Waals surface area contributed by atoms with Crippen LogP contribution in [0.25, 0.3) is 0 Å². The van der Waals surface area contributed by atoms with Gasteiger partial charge in [0.25, 0.3) is 0 Å². The number of rotatable bonds is 5. The average molecular weight is 284 g/mol. The molecule has 1 unspecified atom stereocenters. The SMILES string of the molecule is O=C(NCC(O)CN1CCCCC1)Nc1nccs1. The highest BCUT2D eigenvalue weighted by Crippen LogP contribution is 2.10. The van der Waals surface area contributed by atoms with Gasteiger partial charge in [0.2, 0.25) is 0 Å². The number of hydrogen-bond acceptors (Lipinski definition) is 5. The van der Waals surface area contributed by atoms with Crippen LogP contribution in [0.15, 0.2) is 11.6 Å². The molecule has 19 heavy (non-hydrogen) atoms. The van der Waals surface area contributed by atoms with E-state index in [4.69, 9.17) is 0 Å². The Kier molecular flexibility index (Phi) is 5.56. The molecule has 0 aliphatic carbocycles. The monoisotopic (exact) mass is 284 g/mol. The Morgan fingerprint density at radius 2 is 2.26 bits per heavy atom. The van der Waals surface area contributed by atoms with E-state index in [1.54, 1.807) is 11.6 Å². The molecule has 0 radical (unpaired) electrons. The summed E-state index contributed by atoms with van der Waals surface area (Å²) in [5.41, 5.74) is 0. The number of urea groups is 1.